The van der Waals surface area contributed by atoms with Gasteiger partial charge in [-0.15, -0.1) is 0 Å². The molecule has 0 bridgehead atoms. The van der Waals surface area contributed by atoms with Gasteiger partial charge in [0, 0.05) is 52.6 Å². The minimum absolute atomic E-state index is 0.573. The van der Waals surface area contributed by atoms with Gasteiger partial charge in [-0.25, -0.2) is 4.98 Å². The summed E-state index contributed by atoms with van der Waals surface area (Å²) in [5, 5.41) is 5.20. The van der Waals surface area contributed by atoms with Crippen molar-refractivity contribution < 1.29 is 14.2 Å². The molecule has 152 valence electrons. The molecule has 4 aromatic rings. The van der Waals surface area contributed by atoms with E-state index >= 15 is 0 Å². The van der Waals surface area contributed by atoms with Crippen LogP contribution in [0.3, 0.4) is 0 Å². The summed E-state index contributed by atoms with van der Waals surface area (Å²) >= 11 is 0. The number of hydrogen-bond acceptors (Lipinski definition) is 6. The van der Waals surface area contributed by atoms with Gasteiger partial charge in [-0.05, 0) is 25.1 Å². The second-order valence-electron chi connectivity index (χ2n) is 6.63. The number of nitrogens with one attached hydrogen (secondary N) is 1. The van der Waals surface area contributed by atoms with E-state index in [1.807, 2.05) is 73.7 Å². The highest BCUT2D eigenvalue weighted by Crippen LogP contribution is 2.34. The van der Waals surface area contributed by atoms with Gasteiger partial charge in [-0.1, -0.05) is 24.3 Å². The molecular formula is C24H23N3O3. The molecule has 1 heterocycles. The topological polar surface area (TPSA) is 78.6 Å². The summed E-state index contributed by atoms with van der Waals surface area (Å²) in [6, 6.07) is 20.9. The fourth-order valence-corrected chi connectivity index (χ4v) is 3.21. The number of fused-ring (bicyclic) bond motifs is 1. The van der Waals surface area contributed by atoms with Crippen LogP contribution in [0.5, 0.6) is 23.0 Å². The number of anilines is 3. The molecular weight excluding hydrogens is 378 g/mol. The molecule has 0 amide bonds. The number of methoxy groups -OCH3 is 1. The summed E-state index contributed by atoms with van der Waals surface area (Å²) in [7, 11) is 1.62. The third kappa shape index (κ3) is 4.22. The predicted molar refractivity (Wildman–Crippen MR) is 120 cm³/mol. The molecule has 0 aliphatic heterocycles. The van der Waals surface area contributed by atoms with Crippen molar-refractivity contribution in [2.75, 3.05) is 24.8 Å². The first-order chi connectivity index (χ1) is 14.7. The van der Waals surface area contributed by atoms with Crippen molar-refractivity contribution in [3.05, 3.63) is 72.9 Å². The average Bonchev–Trinajstić information content (AvgIpc) is 2.76. The van der Waals surface area contributed by atoms with Crippen molar-refractivity contribution >= 4 is 28.0 Å². The molecule has 0 radical (unpaired) electrons. The Hall–Kier alpha value is -3.93. The van der Waals surface area contributed by atoms with Gasteiger partial charge in [-0.3, -0.25) is 0 Å². The molecule has 3 aromatic carbocycles. The molecule has 1 aromatic heterocycles. The summed E-state index contributed by atoms with van der Waals surface area (Å²) in [5.41, 5.74) is 7.62. The lowest BCUT2D eigenvalue weighted by Crippen LogP contribution is -1.98. The van der Waals surface area contributed by atoms with Gasteiger partial charge in [0.15, 0.2) is 0 Å². The summed E-state index contributed by atoms with van der Waals surface area (Å²) in [6.45, 7) is 2.51. The van der Waals surface area contributed by atoms with Gasteiger partial charge in [-0.2, -0.15) is 0 Å². The largest absolute Gasteiger partial charge is 0.497 e. The molecule has 4 rings (SSSR count). The third-order valence-corrected chi connectivity index (χ3v) is 4.58. The molecule has 3 N–H and O–H groups in total. The van der Waals surface area contributed by atoms with Gasteiger partial charge in [0.05, 0.1) is 13.7 Å². The maximum atomic E-state index is 6.15. The average molecular weight is 401 g/mol. The summed E-state index contributed by atoms with van der Waals surface area (Å²) in [5.74, 6) is 3.46. The monoisotopic (exact) mass is 401 g/mol. The molecule has 0 spiro atoms. The van der Waals surface area contributed by atoms with Crippen molar-refractivity contribution in [1.82, 2.24) is 4.98 Å². The van der Waals surface area contributed by atoms with Crippen LogP contribution in [-0.2, 0) is 0 Å². The number of ether oxygens (including phenoxy) is 3. The standard InChI is InChI=1S/C24H23N3O3/c1-3-29-19-13-16(12-18(14-19)28-2)27-24-15-17(10-11-26-24)30-23-9-8-22(25)20-6-4-5-7-21(20)23/h4-15H,3,25H2,1-2H3,(H,26,27). The second-order valence-corrected chi connectivity index (χ2v) is 6.63. The van der Waals surface area contributed by atoms with E-state index < -0.39 is 0 Å². The van der Waals surface area contributed by atoms with E-state index in [9.17, 15) is 0 Å². The Bertz CT molecular complexity index is 1180. The Balaban J connectivity index is 1.60. The Morgan fingerprint density at radius 2 is 1.70 bits per heavy atom. The number of nitrogens with two attached hydrogens (primary N) is 1. The van der Waals surface area contributed by atoms with Crippen molar-refractivity contribution in [3.63, 3.8) is 0 Å². The SMILES string of the molecule is CCOc1cc(Nc2cc(Oc3ccc(N)c4ccccc34)ccn2)cc(OC)c1. The Morgan fingerprint density at radius 1 is 0.900 bits per heavy atom. The van der Waals surface area contributed by atoms with E-state index in [2.05, 4.69) is 10.3 Å². The van der Waals surface area contributed by atoms with Gasteiger partial charge in [0.25, 0.3) is 0 Å². The fourth-order valence-electron chi connectivity index (χ4n) is 3.21. The van der Waals surface area contributed by atoms with Crippen molar-refractivity contribution in [2.45, 2.75) is 6.92 Å². The molecule has 0 saturated carbocycles. The quantitative estimate of drug-likeness (QED) is 0.383. The summed E-state index contributed by atoms with van der Waals surface area (Å²) in [4.78, 5) is 4.39. The summed E-state index contributed by atoms with van der Waals surface area (Å²) < 4.78 is 17.1. The number of hydrogen-bond donors (Lipinski definition) is 2. The molecule has 6 nitrogen and oxygen atoms in total. The summed E-state index contributed by atoms with van der Waals surface area (Å²) in [6.07, 6.45) is 1.70. The highest BCUT2D eigenvalue weighted by Gasteiger charge is 2.08. The molecule has 0 aliphatic rings. The van der Waals surface area contributed by atoms with E-state index in [1.54, 1.807) is 13.3 Å². The van der Waals surface area contributed by atoms with E-state index in [1.165, 1.54) is 0 Å². The van der Waals surface area contributed by atoms with Crippen LogP contribution in [0, 0.1) is 0 Å². The molecule has 0 saturated heterocycles. The lowest BCUT2D eigenvalue weighted by molar-refractivity contribution is 0.336. The van der Waals surface area contributed by atoms with Crippen molar-refractivity contribution in [2.24, 2.45) is 0 Å². The lowest BCUT2D eigenvalue weighted by Gasteiger charge is -2.13. The van der Waals surface area contributed by atoms with Crippen molar-refractivity contribution in [1.29, 1.82) is 0 Å². The highest BCUT2D eigenvalue weighted by molar-refractivity contribution is 5.97. The Labute approximate surface area is 175 Å². The first-order valence-corrected chi connectivity index (χ1v) is 9.66. The maximum absolute atomic E-state index is 6.15. The van der Waals surface area contributed by atoms with Crippen LogP contribution in [0.15, 0.2) is 72.9 Å². The third-order valence-electron chi connectivity index (χ3n) is 4.58. The first kappa shape index (κ1) is 19.4. The molecule has 6 heteroatoms. The van der Waals surface area contributed by atoms with Gasteiger partial charge < -0.3 is 25.3 Å². The van der Waals surface area contributed by atoms with Crippen LogP contribution in [0.1, 0.15) is 6.92 Å². The molecule has 0 fully saturated rings. The van der Waals surface area contributed by atoms with Gasteiger partial charge in [0.1, 0.15) is 28.8 Å². The van der Waals surface area contributed by atoms with Crippen LogP contribution < -0.4 is 25.3 Å². The molecule has 0 unspecified atom stereocenters. The smallest absolute Gasteiger partial charge is 0.135 e. The molecule has 30 heavy (non-hydrogen) atoms. The zero-order valence-electron chi connectivity index (χ0n) is 16.9. The normalized spacial score (nSPS) is 10.6. The van der Waals surface area contributed by atoms with E-state index in [0.717, 1.165) is 33.6 Å². The number of aromatic nitrogens is 1. The van der Waals surface area contributed by atoms with Crippen LogP contribution in [0.4, 0.5) is 17.2 Å². The zero-order valence-corrected chi connectivity index (χ0v) is 16.9. The minimum atomic E-state index is 0.573. The molecule has 0 aliphatic carbocycles. The van der Waals surface area contributed by atoms with E-state index in [0.29, 0.717) is 23.9 Å². The number of pyridine rings is 1. The number of nitrogens with zero attached hydrogens (tertiary/aromatic N) is 1. The van der Waals surface area contributed by atoms with Gasteiger partial charge >= 0.3 is 0 Å². The highest BCUT2D eigenvalue weighted by atomic mass is 16.5. The zero-order chi connectivity index (χ0) is 20.9. The molecule has 0 atom stereocenters. The van der Waals surface area contributed by atoms with E-state index in [-0.39, 0.29) is 0 Å². The maximum Gasteiger partial charge on any atom is 0.135 e. The first-order valence-electron chi connectivity index (χ1n) is 9.66. The van der Waals surface area contributed by atoms with Crippen LogP contribution >= 0.6 is 0 Å². The Kier molecular flexibility index (Phi) is 5.57. The van der Waals surface area contributed by atoms with E-state index in [4.69, 9.17) is 19.9 Å². The number of nitrogen functional groups attached to an aromatic ring is 1. The second kappa shape index (κ2) is 8.61. The van der Waals surface area contributed by atoms with Crippen LogP contribution in [-0.4, -0.2) is 18.7 Å². The lowest BCUT2D eigenvalue weighted by atomic mass is 10.1. The Morgan fingerprint density at radius 3 is 2.50 bits per heavy atom. The number of benzene rings is 3. The van der Waals surface area contributed by atoms with Gasteiger partial charge in [0.2, 0.25) is 0 Å². The minimum Gasteiger partial charge on any atom is -0.497 e. The predicted octanol–water partition coefficient (Wildman–Crippen LogP) is 5.76. The van der Waals surface area contributed by atoms with Crippen LogP contribution in [0.25, 0.3) is 10.8 Å². The van der Waals surface area contributed by atoms with Crippen molar-refractivity contribution in [3.8, 4) is 23.0 Å². The van der Waals surface area contributed by atoms with Crippen LogP contribution in [0.2, 0.25) is 0 Å². The fraction of sp³-hybridized carbons (Fsp3) is 0.125. The number of rotatable bonds is 7.